The number of hydrogen-bond donors (Lipinski definition) is 1. The van der Waals surface area contributed by atoms with Crippen LogP contribution in [0.25, 0.3) is 0 Å². The predicted molar refractivity (Wildman–Crippen MR) is 305 cm³/mol. The molecule has 8 atom stereocenters. The molecule has 12 heteroatoms. The summed E-state index contributed by atoms with van der Waals surface area (Å²) in [4.78, 5) is 42.0. The number of rotatable bonds is 39. The minimum Gasteiger partial charge on any atom is -0.452 e. The van der Waals surface area contributed by atoms with Gasteiger partial charge in [-0.25, -0.2) is 9.59 Å². The molecule has 2 aliphatic rings. The molecule has 0 aliphatic carbocycles. The SMILES string of the molecule is [2H]CC1(C)O[C@@H]2[C@H](O1)[C@@H](OC(=O)c1ccccc1)C(OC[C@H](NC(=O)CCCCCCCCCCCCCCC)[C@@H](/C=C/CCCCCCCCCCCCC)OC(=O)c1ccccc1)O[C@@H]2CO[Si](C)(C)C(C)(C)C. The first-order chi connectivity index (χ1) is 36.6. The van der Waals surface area contributed by atoms with Gasteiger partial charge in [-0.3, -0.25) is 4.79 Å². The highest BCUT2D eigenvalue weighted by Crippen LogP contribution is 2.42. The molecule has 0 radical (unpaired) electrons. The number of ether oxygens (including phenoxy) is 6. The first-order valence-corrected chi connectivity index (χ1v) is 32.6. The maximum absolute atomic E-state index is 14.1. The van der Waals surface area contributed by atoms with Gasteiger partial charge in [0.25, 0.3) is 0 Å². The average Bonchev–Trinajstić information content (AvgIpc) is 3.81. The van der Waals surface area contributed by atoms with Crippen molar-refractivity contribution in [1.29, 1.82) is 0 Å². The van der Waals surface area contributed by atoms with E-state index >= 15 is 0 Å². The largest absolute Gasteiger partial charge is 0.452 e. The quantitative estimate of drug-likeness (QED) is 0.0299. The second-order valence-corrected chi connectivity index (χ2v) is 27.9. The van der Waals surface area contributed by atoms with Crippen molar-refractivity contribution in [3.63, 3.8) is 0 Å². The third-order valence-corrected chi connectivity index (χ3v) is 19.8. The van der Waals surface area contributed by atoms with E-state index in [-0.39, 0.29) is 31.1 Å². The van der Waals surface area contributed by atoms with Crippen LogP contribution in [-0.4, -0.2) is 88.0 Å². The number of unbranched alkanes of at least 4 members (excludes halogenated alkanes) is 23. The molecule has 1 N–H and O–H groups in total. The minimum atomic E-state index is -2.31. The summed E-state index contributed by atoms with van der Waals surface area (Å²) >= 11 is 0. The topological polar surface area (TPSA) is 128 Å². The first kappa shape index (κ1) is 62.4. The molecule has 2 unspecified atom stereocenters. The second-order valence-electron chi connectivity index (χ2n) is 23.1. The molecule has 0 bridgehead atoms. The molecule has 424 valence electrons. The van der Waals surface area contributed by atoms with Gasteiger partial charge < -0.3 is 38.2 Å². The van der Waals surface area contributed by atoms with Crippen LogP contribution in [0.2, 0.25) is 18.1 Å². The van der Waals surface area contributed by atoms with Gasteiger partial charge in [-0.2, -0.15) is 0 Å². The van der Waals surface area contributed by atoms with Gasteiger partial charge in [0.05, 0.1) is 30.4 Å². The first-order valence-electron chi connectivity index (χ1n) is 30.4. The van der Waals surface area contributed by atoms with Crippen LogP contribution in [0.4, 0.5) is 0 Å². The van der Waals surface area contributed by atoms with Gasteiger partial charge >= 0.3 is 11.9 Å². The van der Waals surface area contributed by atoms with E-state index in [9.17, 15) is 14.4 Å². The van der Waals surface area contributed by atoms with Crippen LogP contribution in [0.5, 0.6) is 0 Å². The Labute approximate surface area is 457 Å². The Hall–Kier alpha value is -3.39. The molecule has 2 aliphatic heterocycles. The van der Waals surface area contributed by atoms with E-state index in [4.69, 9.17) is 34.2 Å². The average molecular weight is 1060 g/mol. The molecule has 2 heterocycles. The zero-order valence-electron chi connectivity index (χ0n) is 49.1. The minimum absolute atomic E-state index is 0.0984. The van der Waals surface area contributed by atoms with Crippen LogP contribution >= 0.6 is 0 Å². The van der Waals surface area contributed by atoms with E-state index in [0.717, 1.165) is 44.9 Å². The van der Waals surface area contributed by atoms with E-state index < -0.39 is 68.9 Å². The Balaban J connectivity index is 1.56. The fraction of sp³-hybridized carbons (Fsp3) is 0.730. The van der Waals surface area contributed by atoms with Gasteiger partial charge in [0.1, 0.15) is 24.4 Å². The zero-order valence-corrected chi connectivity index (χ0v) is 49.1. The van der Waals surface area contributed by atoms with Gasteiger partial charge in [0.2, 0.25) is 5.91 Å². The molecule has 2 saturated heterocycles. The summed E-state index contributed by atoms with van der Waals surface area (Å²) in [5.74, 6) is -2.63. The Morgan fingerprint density at radius 1 is 0.693 bits per heavy atom. The normalized spacial score (nSPS) is 21.9. The van der Waals surface area contributed by atoms with Gasteiger partial charge in [-0.1, -0.05) is 218 Å². The summed E-state index contributed by atoms with van der Waals surface area (Å²) in [7, 11) is -2.31. The number of fused-ring (bicyclic) bond motifs is 1. The fourth-order valence-electron chi connectivity index (χ4n) is 9.60. The van der Waals surface area contributed by atoms with Crippen LogP contribution in [0, 0.1) is 0 Å². The maximum atomic E-state index is 14.1. The van der Waals surface area contributed by atoms with Crippen LogP contribution in [0.3, 0.4) is 0 Å². The van der Waals surface area contributed by atoms with Gasteiger partial charge in [-0.05, 0) is 81.6 Å². The molecule has 0 saturated carbocycles. The number of allylic oxidation sites excluding steroid dienone is 1. The Bertz CT molecular complexity index is 1910. The third-order valence-electron chi connectivity index (χ3n) is 15.3. The van der Waals surface area contributed by atoms with Crippen molar-refractivity contribution in [1.82, 2.24) is 5.32 Å². The van der Waals surface area contributed by atoms with Crippen molar-refractivity contribution in [3.05, 3.63) is 83.9 Å². The highest BCUT2D eigenvalue weighted by molar-refractivity contribution is 6.74. The van der Waals surface area contributed by atoms with Crippen LogP contribution < -0.4 is 5.32 Å². The van der Waals surface area contributed by atoms with E-state index in [2.05, 4.69) is 53.0 Å². The van der Waals surface area contributed by atoms with Crippen molar-refractivity contribution < 1.29 is 48.6 Å². The summed E-state index contributed by atoms with van der Waals surface area (Å²) in [6.45, 7) is 16.8. The zero-order chi connectivity index (χ0) is 55.1. The lowest BCUT2D eigenvalue weighted by Crippen LogP contribution is -2.61. The standard InChI is InChI=1S/C63H103NO10Si/c1-10-12-14-16-18-20-22-24-26-28-30-32-40-46-53(70-59(66)50-42-36-34-37-43-50)52(64-55(65)47-41-33-31-29-27-25-23-21-19-17-15-13-11-2)48-68-61-58(72-60(67)51-44-38-35-39-45-51)57-56(73-63(6,7)74-57)54(71-61)49-69-75(8,9)62(3,4)5/h34-40,42-46,52-54,56-58,61H,10-33,41,47-49H2,1-9H3,(H,64,65)/b46-40+/t52-,53+,54+,56-,57-,58+,61?/m0/s1/i6D/t52-,53+,54+,56-,57-,58+,61?,63?. The molecule has 2 fully saturated rings. The third kappa shape index (κ3) is 24.4. The van der Waals surface area contributed by atoms with Crippen LogP contribution in [0.1, 0.15) is 237 Å². The van der Waals surface area contributed by atoms with Crippen molar-refractivity contribution in [2.75, 3.05) is 13.2 Å². The molecule has 1 amide bonds. The van der Waals surface area contributed by atoms with Crippen molar-refractivity contribution in [3.8, 4) is 0 Å². The molecule has 75 heavy (non-hydrogen) atoms. The van der Waals surface area contributed by atoms with Gasteiger partial charge in [0.15, 0.2) is 26.5 Å². The second kappa shape index (κ2) is 35.2. The lowest BCUT2D eigenvalue weighted by atomic mass is 9.99. The summed E-state index contributed by atoms with van der Waals surface area (Å²) in [5, 5.41) is 3.12. The van der Waals surface area contributed by atoms with E-state index in [1.807, 2.05) is 24.3 Å². The molecule has 11 nitrogen and oxygen atoms in total. The molecule has 4 rings (SSSR count). The van der Waals surface area contributed by atoms with Crippen molar-refractivity contribution >= 4 is 26.2 Å². The Morgan fingerprint density at radius 3 is 1.68 bits per heavy atom. The summed E-state index contributed by atoms with van der Waals surface area (Å²) < 4.78 is 54.4. The highest BCUT2D eigenvalue weighted by atomic mass is 28.4. The number of benzene rings is 2. The molecule has 0 aromatic heterocycles. The lowest BCUT2D eigenvalue weighted by molar-refractivity contribution is -0.282. The number of nitrogens with one attached hydrogen (secondary N) is 1. The fourth-order valence-corrected chi connectivity index (χ4v) is 10.6. The molecule has 2 aromatic rings. The van der Waals surface area contributed by atoms with E-state index in [0.29, 0.717) is 17.5 Å². The van der Waals surface area contributed by atoms with Gasteiger partial charge in [0, 0.05) is 7.79 Å². The smallest absolute Gasteiger partial charge is 0.338 e. The lowest BCUT2D eigenvalue weighted by Gasteiger charge is -2.43. The van der Waals surface area contributed by atoms with Crippen molar-refractivity contribution in [2.24, 2.45) is 0 Å². The number of carbonyl (C=O) groups is 3. The highest BCUT2D eigenvalue weighted by Gasteiger charge is 2.58. The van der Waals surface area contributed by atoms with Crippen LogP contribution in [-0.2, 0) is 37.6 Å². The summed E-state index contributed by atoms with van der Waals surface area (Å²) in [5.41, 5.74) is 0.719. The summed E-state index contributed by atoms with van der Waals surface area (Å²) in [6, 6.07) is 16.7. The number of hydrogen-bond acceptors (Lipinski definition) is 10. The van der Waals surface area contributed by atoms with E-state index in [1.165, 1.54) is 116 Å². The molecule has 2 aromatic carbocycles. The summed E-state index contributed by atoms with van der Waals surface area (Å²) in [6.07, 6.45) is 28.6. The van der Waals surface area contributed by atoms with E-state index in [1.54, 1.807) is 55.5 Å². The Morgan fingerprint density at radius 2 is 1.17 bits per heavy atom. The predicted octanol–water partition coefficient (Wildman–Crippen LogP) is 15.9. The molecule has 0 spiro atoms. The monoisotopic (exact) mass is 1060 g/mol. The Kier molecular flexibility index (Phi) is 29.3. The van der Waals surface area contributed by atoms with Gasteiger partial charge in [-0.15, -0.1) is 0 Å². The number of carbonyl (C=O) groups excluding carboxylic acids is 3. The molecular weight excluding hydrogens is 959 g/mol. The van der Waals surface area contributed by atoms with Crippen molar-refractivity contribution in [2.45, 2.75) is 282 Å². The number of esters is 2. The molecular formula is C63H103NO10Si. The van der Waals surface area contributed by atoms with Crippen LogP contribution in [0.15, 0.2) is 72.8 Å². The maximum Gasteiger partial charge on any atom is 0.338 e. The number of amides is 1.